The molecule has 0 bridgehead atoms. The van der Waals surface area contributed by atoms with Crippen molar-refractivity contribution in [1.29, 1.82) is 0 Å². The monoisotopic (exact) mass is 309 g/mol. The minimum Gasteiger partial charge on any atom is -0.478 e. The summed E-state index contributed by atoms with van der Waals surface area (Å²) in [6, 6.07) is 4.31. The summed E-state index contributed by atoms with van der Waals surface area (Å²) < 4.78 is 13.7. The molecule has 1 aromatic rings. The Balaban J connectivity index is 1.99. The van der Waals surface area contributed by atoms with Crippen LogP contribution in [0.3, 0.4) is 0 Å². The van der Waals surface area contributed by atoms with E-state index in [1.807, 2.05) is 0 Å². The first-order chi connectivity index (χ1) is 10.1. The smallest absolute Gasteiger partial charge is 0.328 e. The maximum absolute atomic E-state index is 13.7. The molecule has 1 fully saturated rings. The van der Waals surface area contributed by atoms with Gasteiger partial charge >= 0.3 is 5.97 Å². The van der Waals surface area contributed by atoms with Gasteiger partial charge in [-0.2, -0.15) is 11.8 Å². The lowest BCUT2D eigenvalue weighted by atomic mass is 10.1. The van der Waals surface area contributed by atoms with Crippen LogP contribution in [0.2, 0.25) is 0 Å². The number of carbonyl (C=O) groups excluding carboxylic acids is 1. The SMILES string of the molecule is O=C(O)C=Cc1ccc(F)c(CNC(=O)C2CCSC2)c1. The molecule has 4 nitrogen and oxygen atoms in total. The Hall–Kier alpha value is -1.82. The van der Waals surface area contributed by atoms with Crippen LogP contribution >= 0.6 is 11.8 Å². The number of hydrogen-bond acceptors (Lipinski definition) is 3. The van der Waals surface area contributed by atoms with Gasteiger partial charge in [-0.25, -0.2) is 9.18 Å². The number of thioether (sulfide) groups is 1. The molecule has 1 amide bonds. The Labute approximate surface area is 126 Å². The number of carboxylic acid groups (broad SMARTS) is 1. The van der Waals surface area contributed by atoms with Gasteiger partial charge in [-0.15, -0.1) is 0 Å². The van der Waals surface area contributed by atoms with Crippen molar-refractivity contribution in [1.82, 2.24) is 5.32 Å². The quantitative estimate of drug-likeness (QED) is 0.819. The van der Waals surface area contributed by atoms with E-state index in [0.717, 1.165) is 24.0 Å². The highest BCUT2D eigenvalue weighted by Gasteiger charge is 2.22. The van der Waals surface area contributed by atoms with Crippen molar-refractivity contribution in [3.63, 3.8) is 0 Å². The van der Waals surface area contributed by atoms with Crippen molar-refractivity contribution in [2.45, 2.75) is 13.0 Å². The second-order valence-corrected chi connectivity index (χ2v) is 5.95. The molecule has 1 saturated heterocycles. The van der Waals surface area contributed by atoms with Gasteiger partial charge in [0.2, 0.25) is 5.91 Å². The highest BCUT2D eigenvalue weighted by atomic mass is 32.2. The third-order valence-corrected chi connectivity index (χ3v) is 4.40. The Morgan fingerprint density at radius 2 is 2.29 bits per heavy atom. The van der Waals surface area contributed by atoms with Gasteiger partial charge in [-0.1, -0.05) is 6.07 Å². The number of carboxylic acids is 1. The first-order valence-electron chi connectivity index (χ1n) is 6.61. The zero-order chi connectivity index (χ0) is 15.2. The number of hydrogen-bond donors (Lipinski definition) is 2. The molecule has 1 aliphatic heterocycles. The molecule has 1 unspecified atom stereocenters. The van der Waals surface area contributed by atoms with Crippen molar-refractivity contribution in [2.24, 2.45) is 5.92 Å². The second kappa shape index (κ2) is 7.26. The van der Waals surface area contributed by atoms with Crippen molar-refractivity contribution < 1.29 is 19.1 Å². The third-order valence-electron chi connectivity index (χ3n) is 3.24. The van der Waals surface area contributed by atoms with E-state index >= 15 is 0 Å². The number of rotatable bonds is 5. The number of halogens is 1. The van der Waals surface area contributed by atoms with Gasteiger partial charge in [0, 0.05) is 29.9 Å². The van der Waals surface area contributed by atoms with Gasteiger partial charge in [0.15, 0.2) is 0 Å². The van der Waals surface area contributed by atoms with E-state index in [0.29, 0.717) is 11.1 Å². The summed E-state index contributed by atoms with van der Waals surface area (Å²) in [5.74, 6) is 0.285. The summed E-state index contributed by atoms with van der Waals surface area (Å²) in [5.41, 5.74) is 0.931. The fourth-order valence-electron chi connectivity index (χ4n) is 2.07. The molecule has 1 aromatic carbocycles. The van der Waals surface area contributed by atoms with Crippen molar-refractivity contribution >= 4 is 29.7 Å². The van der Waals surface area contributed by atoms with Crippen LogP contribution in [0.25, 0.3) is 6.08 Å². The third kappa shape index (κ3) is 4.60. The zero-order valence-electron chi connectivity index (χ0n) is 11.3. The van der Waals surface area contributed by atoms with E-state index in [1.165, 1.54) is 18.2 Å². The summed E-state index contributed by atoms with van der Waals surface area (Å²) >= 11 is 1.75. The van der Waals surface area contributed by atoms with Gasteiger partial charge in [-0.3, -0.25) is 4.79 Å². The van der Waals surface area contributed by atoms with E-state index in [-0.39, 0.29) is 18.4 Å². The first-order valence-corrected chi connectivity index (χ1v) is 7.76. The Bertz CT molecular complexity index is 568. The van der Waals surface area contributed by atoms with E-state index in [9.17, 15) is 14.0 Å². The largest absolute Gasteiger partial charge is 0.478 e. The van der Waals surface area contributed by atoms with Crippen molar-refractivity contribution in [3.05, 3.63) is 41.2 Å². The van der Waals surface area contributed by atoms with Crippen molar-refractivity contribution in [2.75, 3.05) is 11.5 Å². The molecule has 1 aliphatic rings. The molecule has 0 aromatic heterocycles. The molecular formula is C15H16FNO3S. The number of carbonyl (C=O) groups is 2. The molecule has 0 saturated carbocycles. The Kier molecular flexibility index (Phi) is 5.38. The van der Waals surface area contributed by atoms with Crippen LogP contribution in [0.4, 0.5) is 4.39 Å². The number of nitrogens with one attached hydrogen (secondary N) is 1. The highest BCUT2D eigenvalue weighted by Crippen LogP contribution is 2.23. The zero-order valence-corrected chi connectivity index (χ0v) is 12.2. The molecule has 112 valence electrons. The Morgan fingerprint density at radius 3 is 2.95 bits per heavy atom. The standard InChI is InChI=1S/C15H16FNO3S/c16-13-3-1-10(2-4-14(18)19)7-12(13)8-17-15(20)11-5-6-21-9-11/h1-4,7,11H,5-6,8-9H2,(H,17,20)(H,18,19). The summed E-state index contributed by atoms with van der Waals surface area (Å²) in [5, 5.41) is 11.3. The fraction of sp³-hybridized carbons (Fsp3) is 0.333. The summed E-state index contributed by atoms with van der Waals surface area (Å²) in [4.78, 5) is 22.4. The molecule has 0 radical (unpaired) electrons. The topological polar surface area (TPSA) is 66.4 Å². The second-order valence-electron chi connectivity index (χ2n) is 4.80. The van der Waals surface area contributed by atoms with Crippen LogP contribution < -0.4 is 5.32 Å². The van der Waals surface area contributed by atoms with Crippen LogP contribution in [0, 0.1) is 11.7 Å². The highest BCUT2D eigenvalue weighted by molar-refractivity contribution is 7.99. The maximum Gasteiger partial charge on any atom is 0.328 e. The lowest BCUT2D eigenvalue weighted by molar-refractivity contribution is -0.131. The predicted octanol–water partition coefficient (Wildman–Crippen LogP) is 2.29. The lowest BCUT2D eigenvalue weighted by Gasteiger charge is -2.11. The molecule has 1 atom stereocenters. The summed E-state index contributed by atoms with van der Waals surface area (Å²) in [6.45, 7) is 0.112. The molecule has 0 aliphatic carbocycles. The van der Waals surface area contributed by atoms with Gasteiger partial charge < -0.3 is 10.4 Å². The van der Waals surface area contributed by atoms with E-state index in [4.69, 9.17) is 5.11 Å². The molecular weight excluding hydrogens is 293 g/mol. The normalized spacial score (nSPS) is 18.0. The molecule has 2 rings (SSSR count). The maximum atomic E-state index is 13.7. The van der Waals surface area contributed by atoms with Crippen molar-refractivity contribution in [3.8, 4) is 0 Å². The van der Waals surface area contributed by atoms with E-state index in [2.05, 4.69) is 5.32 Å². The van der Waals surface area contributed by atoms with Crippen LogP contribution in [-0.4, -0.2) is 28.5 Å². The molecule has 21 heavy (non-hydrogen) atoms. The lowest BCUT2D eigenvalue weighted by Crippen LogP contribution is -2.30. The van der Waals surface area contributed by atoms with Crippen LogP contribution in [0.15, 0.2) is 24.3 Å². The van der Waals surface area contributed by atoms with Crippen LogP contribution in [0.5, 0.6) is 0 Å². The minimum absolute atomic E-state index is 0.00755. The fourth-order valence-corrected chi connectivity index (χ4v) is 3.29. The molecule has 2 N–H and O–H groups in total. The number of amides is 1. The predicted molar refractivity (Wildman–Crippen MR) is 80.3 cm³/mol. The average molecular weight is 309 g/mol. The Morgan fingerprint density at radius 1 is 1.48 bits per heavy atom. The van der Waals surface area contributed by atoms with Gasteiger partial charge in [-0.05, 0) is 35.9 Å². The van der Waals surface area contributed by atoms with E-state index < -0.39 is 11.8 Å². The van der Waals surface area contributed by atoms with Gasteiger partial charge in [0.1, 0.15) is 5.82 Å². The summed E-state index contributed by atoms with van der Waals surface area (Å²) in [7, 11) is 0. The van der Waals surface area contributed by atoms with E-state index in [1.54, 1.807) is 17.8 Å². The molecule has 1 heterocycles. The summed E-state index contributed by atoms with van der Waals surface area (Å²) in [6.07, 6.45) is 3.24. The molecule has 0 spiro atoms. The minimum atomic E-state index is -1.06. The number of benzene rings is 1. The first kappa shape index (κ1) is 15.6. The van der Waals surface area contributed by atoms with Crippen LogP contribution in [-0.2, 0) is 16.1 Å². The van der Waals surface area contributed by atoms with Gasteiger partial charge in [0.25, 0.3) is 0 Å². The average Bonchev–Trinajstić information content (AvgIpc) is 2.98. The van der Waals surface area contributed by atoms with Crippen LogP contribution in [0.1, 0.15) is 17.5 Å². The molecule has 6 heteroatoms. The van der Waals surface area contributed by atoms with Gasteiger partial charge in [0.05, 0.1) is 0 Å². The number of aliphatic carboxylic acids is 1.